The van der Waals surface area contributed by atoms with E-state index in [-0.39, 0.29) is 10.8 Å². The van der Waals surface area contributed by atoms with E-state index in [1.807, 2.05) is 0 Å². The molecule has 0 heterocycles. The van der Waals surface area contributed by atoms with Crippen LogP contribution in [0.2, 0.25) is 0 Å². The lowest BCUT2D eigenvalue weighted by atomic mass is 9.72. The van der Waals surface area contributed by atoms with Crippen molar-refractivity contribution >= 4 is 43.1 Å². The Balaban J connectivity index is 2.11. The molecule has 0 aliphatic carbocycles. The van der Waals surface area contributed by atoms with Crippen molar-refractivity contribution in [2.75, 3.05) is 0 Å². The second-order valence-corrected chi connectivity index (χ2v) is 10.3. The maximum absolute atomic E-state index is 2.39. The van der Waals surface area contributed by atoms with E-state index < -0.39 is 0 Å². The zero-order valence-electron chi connectivity index (χ0n) is 17.8. The van der Waals surface area contributed by atoms with Crippen LogP contribution in [0.4, 0.5) is 0 Å². The van der Waals surface area contributed by atoms with Gasteiger partial charge in [0.05, 0.1) is 0 Å². The quantitative estimate of drug-likeness (QED) is 0.191. The highest BCUT2D eigenvalue weighted by atomic mass is 14.3. The van der Waals surface area contributed by atoms with Gasteiger partial charge in [-0.25, -0.2) is 0 Å². The average molecular weight is 365 g/mol. The fourth-order valence-corrected chi connectivity index (χ4v) is 5.04. The van der Waals surface area contributed by atoms with E-state index in [2.05, 4.69) is 102 Å². The minimum atomic E-state index is 0.0744. The first-order chi connectivity index (χ1) is 13.2. The number of fused-ring (bicyclic) bond motifs is 2. The van der Waals surface area contributed by atoms with E-state index in [0.717, 1.165) is 0 Å². The first kappa shape index (κ1) is 17.5. The topological polar surface area (TPSA) is 0 Å². The van der Waals surface area contributed by atoms with Crippen molar-refractivity contribution in [3.05, 3.63) is 71.8 Å². The molecule has 28 heavy (non-hydrogen) atoms. The lowest BCUT2D eigenvalue weighted by Gasteiger charge is -2.32. The van der Waals surface area contributed by atoms with E-state index in [4.69, 9.17) is 0 Å². The predicted molar refractivity (Wildman–Crippen MR) is 125 cm³/mol. The van der Waals surface area contributed by atoms with E-state index >= 15 is 0 Å². The largest absolute Gasteiger partial charge is 0.0610 e. The summed E-state index contributed by atoms with van der Waals surface area (Å²) in [6.45, 7) is 14.1. The highest BCUT2D eigenvalue weighted by Crippen LogP contribution is 2.45. The number of hydrogen-bond acceptors (Lipinski definition) is 0. The zero-order valence-corrected chi connectivity index (χ0v) is 17.8. The van der Waals surface area contributed by atoms with Crippen molar-refractivity contribution in [3.63, 3.8) is 0 Å². The summed E-state index contributed by atoms with van der Waals surface area (Å²) < 4.78 is 0. The number of benzene rings is 5. The van der Waals surface area contributed by atoms with Gasteiger partial charge in [0.2, 0.25) is 0 Å². The van der Waals surface area contributed by atoms with Crippen LogP contribution in [0.25, 0.3) is 43.1 Å². The van der Waals surface area contributed by atoms with Crippen molar-refractivity contribution < 1.29 is 0 Å². The first-order valence-corrected chi connectivity index (χ1v) is 10.3. The van der Waals surface area contributed by atoms with E-state index in [9.17, 15) is 0 Å². The van der Waals surface area contributed by atoms with Crippen LogP contribution in [-0.2, 0) is 10.8 Å². The second kappa shape index (κ2) is 5.47. The predicted octanol–water partition coefficient (Wildman–Crippen LogP) is 8.33. The molecule has 0 fully saturated rings. The minimum Gasteiger partial charge on any atom is -0.0610 e. The molecule has 5 rings (SSSR count). The van der Waals surface area contributed by atoms with Crippen LogP contribution >= 0.6 is 0 Å². The maximum atomic E-state index is 2.39. The van der Waals surface area contributed by atoms with Gasteiger partial charge in [0.25, 0.3) is 0 Å². The molecular formula is C28H28. The molecule has 0 radical (unpaired) electrons. The molecule has 0 spiro atoms. The fourth-order valence-electron chi connectivity index (χ4n) is 5.04. The summed E-state index contributed by atoms with van der Waals surface area (Å²) in [6, 6.07) is 22.9. The molecule has 0 amide bonds. The SMILES string of the molecule is CC(C)(C)c1ccc2cc3ccc4cccc5ccc(c2c1C(C)(C)C)c3c45. The molecule has 0 aliphatic heterocycles. The summed E-state index contributed by atoms with van der Waals surface area (Å²) in [4.78, 5) is 0. The van der Waals surface area contributed by atoms with E-state index in [0.29, 0.717) is 0 Å². The molecule has 0 nitrogen and oxygen atoms in total. The molecule has 0 saturated heterocycles. The van der Waals surface area contributed by atoms with Gasteiger partial charge in [-0.3, -0.25) is 0 Å². The highest BCUT2D eigenvalue weighted by molar-refractivity contribution is 6.29. The van der Waals surface area contributed by atoms with E-state index in [1.54, 1.807) is 0 Å². The molecular weight excluding hydrogens is 336 g/mol. The summed E-state index contributed by atoms with van der Waals surface area (Å²) >= 11 is 0. The number of rotatable bonds is 0. The standard InChI is InChI=1S/C28H28/c1-27(2,3)22-15-13-20-16-19-11-10-17-8-7-9-18-12-14-21(24(19)23(17)18)25(20)26(22)28(4,5)6/h7-16H,1-6H3. The Kier molecular flexibility index (Phi) is 3.42. The Hall–Kier alpha value is -2.60. The highest BCUT2D eigenvalue weighted by Gasteiger charge is 2.28. The van der Waals surface area contributed by atoms with Gasteiger partial charge in [0, 0.05) is 0 Å². The third-order valence-electron chi connectivity index (χ3n) is 6.18. The van der Waals surface area contributed by atoms with Crippen LogP contribution in [0, 0.1) is 0 Å². The van der Waals surface area contributed by atoms with Crippen LogP contribution in [0.5, 0.6) is 0 Å². The summed E-state index contributed by atoms with van der Waals surface area (Å²) in [5, 5.41) is 11.0. The molecule has 140 valence electrons. The van der Waals surface area contributed by atoms with Gasteiger partial charge in [0.1, 0.15) is 0 Å². The van der Waals surface area contributed by atoms with Gasteiger partial charge < -0.3 is 0 Å². The van der Waals surface area contributed by atoms with Gasteiger partial charge in [-0.15, -0.1) is 0 Å². The van der Waals surface area contributed by atoms with Gasteiger partial charge in [-0.05, 0) is 71.1 Å². The summed E-state index contributed by atoms with van der Waals surface area (Å²) in [6.07, 6.45) is 0. The third kappa shape index (κ3) is 2.37. The summed E-state index contributed by atoms with van der Waals surface area (Å²) in [5.74, 6) is 0. The zero-order chi connectivity index (χ0) is 19.8. The van der Waals surface area contributed by atoms with Crippen LogP contribution in [0.15, 0.2) is 60.7 Å². The van der Waals surface area contributed by atoms with Crippen molar-refractivity contribution in [3.8, 4) is 0 Å². The van der Waals surface area contributed by atoms with Crippen LogP contribution in [0.1, 0.15) is 52.7 Å². The molecule has 5 aromatic rings. The van der Waals surface area contributed by atoms with Gasteiger partial charge >= 0.3 is 0 Å². The second-order valence-electron chi connectivity index (χ2n) is 10.3. The molecule has 0 N–H and O–H groups in total. The first-order valence-electron chi connectivity index (χ1n) is 10.3. The summed E-state index contributed by atoms with van der Waals surface area (Å²) in [5.41, 5.74) is 3.14. The molecule has 0 heteroatoms. The molecule has 0 atom stereocenters. The average Bonchev–Trinajstić information content (AvgIpc) is 2.63. The van der Waals surface area contributed by atoms with Crippen LogP contribution in [0.3, 0.4) is 0 Å². The molecule has 0 unspecified atom stereocenters. The molecule has 0 aliphatic rings. The Bertz CT molecular complexity index is 1340. The third-order valence-corrected chi connectivity index (χ3v) is 6.18. The lowest BCUT2D eigenvalue weighted by Crippen LogP contribution is -2.22. The maximum Gasteiger partial charge on any atom is -0.00202 e. The molecule has 5 aromatic carbocycles. The van der Waals surface area contributed by atoms with Gasteiger partial charge in [-0.2, -0.15) is 0 Å². The monoisotopic (exact) mass is 364 g/mol. The smallest absolute Gasteiger partial charge is 0.00202 e. The lowest BCUT2D eigenvalue weighted by molar-refractivity contribution is 0.535. The van der Waals surface area contributed by atoms with E-state index in [1.165, 1.54) is 54.2 Å². The molecule has 0 bridgehead atoms. The van der Waals surface area contributed by atoms with Crippen molar-refractivity contribution in [2.45, 2.75) is 52.4 Å². The minimum absolute atomic E-state index is 0.0744. The fraction of sp³-hybridized carbons (Fsp3) is 0.286. The van der Waals surface area contributed by atoms with Crippen LogP contribution < -0.4 is 0 Å². The number of hydrogen-bond donors (Lipinski definition) is 0. The van der Waals surface area contributed by atoms with Gasteiger partial charge in [0.15, 0.2) is 0 Å². The van der Waals surface area contributed by atoms with Crippen molar-refractivity contribution in [1.29, 1.82) is 0 Å². The van der Waals surface area contributed by atoms with Crippen molar-refractivity contribution in [2.24, 2.45) is 0 Å². The van der Waals surface area contributed by atoms with Gasteiger partial charge in [-0.1, -0.05) is 96.1 Å². The normalized spacial score (nSPS) is 13.4. The Morgan fingerprint density at radius 3 is 1.71 bits per heavy atom. The molecule has 0 saturated carbocycles. The van der Waals surface area contributed by atoms with Crippen molar-refractivity contribution in [1.82, 2.24) is 0 Å². The molecule has 0 aromatic heterocycles. The summed E-state index contributed by atoms with van der Waals surface area (Å²) in [7, 11) is 0. The van der Waals surface area contributed by atoms with Crippen LogP contribution in [-0.4, -0.2) is 0 Å². The Morgan fingerprint density at radius 1 is 0.500 bits per heavy atom. The Labute approximate surface area is 167 Å². The Morgan fingerprint density at radius 2 is 1.07 bits per heavy atom.